The number of carbonyl (C=O) groups is 1. The quantitative estimate of drug-likeness (QED) is 0.767. The molecule has 0 aliphatic rings. The van der Waals surface area contributed by atoms with Gasteiger partial charge in [0.15, 0.2) is 5.13 Å². The maximum atomic E-state index is 12.0. The van der Waals surface area contributed by atoms with Crippen molar-refractivity contribution in [3.8, 4) is 0 Å². The molecule has 0 unspecified atom stereocenters. The molecule has 3 aromatic heterocycles. The zero-order valence-corrected chi connectivity index (χ0v) is 10.4. The van der Waals surface area contributed by atoms with E-state index in [-0.39, 0.29) is 5.91 Å². The van der Waals surface area contributed by atoms with E-state index >= 15 is 0 Å². The lowest BCUT2D eigenvalue weighted by atomic mass is 10.2. The zero-order valence-electron chi connectivity index (χ0n) is 9.62. The number of anilines is 1. The van der Waals surface area contributed by atoms with E-state index in [1.165, 1.54) is 11.3 Å². The first-order valence-corrected chi connectivity index (χ1v) is 6.26. The van der Waals surface area contributed by atoms with Gasteiger partial charge in [-0.05, 0) is 19.1 Å². The topological polar surface area (TPSA) is 59.3 Å². The second-order valence-corrected chi connectivity index (χ2v) is 4.72. The summed E-state index contributed by atoms with van der Waals surface area (Å²) >= 11 is 1.42. The molecule has 5 nitrogen and oxygen atoms in total. The van der Waals surface area contributed by atoms with Crippen LogP contribution >= 0.6 is 11.3 Å². The molecule has 0 bridgehead atoms. The normalized spacial score (nSPS) is 10.7. The van der Waals surface area contributed by atoms with Gasteiger partial charge in [-0.15, -0.1) is 11.3 Å². The van der Waals surface area contributed by atoms with Gasteiger partial charge in [0.1, 0.15) is 5.65 Å². The van der Waals surface area contributed by atoms with Crippen LogP contribution in [0.15, 0.2) is 36.1 Å². The number of nitrogens with one attached hydrogen (secondary N) is 1. The highest BCUT2D eigenvalue weighted by atomic mass is 32.1. The molecule has 0 aliphatic carbocycles. The predicted octanol–water partition coefficient (Wildman–Crippen LogP) is 2.35. The summed E-state index contributed by atoms with van der Waals surface area (Å²) in [6.45, 7) is 1.89. The van der Waals surface area contributed by atoms with E-state index in [4.69, 9.17) is 0 Å². The van der Waals surface area contributed by atoms with Gasteiger partial charge in [-0.3, -0.25) is 10.1 Å². The molecule has 0 fully saturated rings. The Labute approximate surface area is 107 Å². The van der Waals surface area contributed by atoms with Crippen molar-refractivity contribution in [3.05, 3.63) is 47.4 Å². The van der Waals surface area contributed by atoms with Gasteiger partial charge < -0.3 is 4.40 Å². The second-order valence-electron chi connectivity index (χ2n) is 3.86. The highest BCUT2D eigenvalue weighted by molar-refractivity contribution is 7.13. The van der Waals surface area contributed by atoms with Crippen molar-refractivity contribution in [2.24, 2.45) is 0 Å². The predicted molar refractivity (Wildman–Crippen MR) is 70.0 cm³/mol. The van der Waals surface area contributed by atoms with Gasteiger partial charge >= 0.3 is 0 Å². The lowest BCUT2D eigenvalue weighted by Gasteiger charge is -2.02. The molecule has 0 atom stereocenters. The molecule has 18 heavy (non-hydrogen) atoms. The molecule has 90 valence electrons. The number of aromatic nitrogens is 3. The standard InChI is InChI=1S/C12H10N4OS/c1-8-7-18-12(14-8)15-11(17)9-2-3-10-13-4-5-16(10)6-9/h2-7H,1H3,(H,14,15,17). The van der Waals surface area contributed by atoms with Crippen molar-refractivity contribution >= 4 is 28.0 Å². The maximum absolute atomic E-state index is 12.0. The molecule has 0 saturated heterocycles. The van der Waals surface area contributed by atoms with E-state index in [1.807, 2.05) is 22.8 Å². The Bertz CT molecular complexity index is 716. The first-order valence-electron chi connectivity index (χ1n) is 5.38. The molecule has 3 heterocycles. The highest BCUT2D eigenvalue weighted by Gasteiger charge is 2.09. The number of carbonyl (C=O) groups excluding carboxylic acids is 1. The number of amides is 1. The van der Waals surface area contributed by atoms with Gasteiger partial charge in [0.25, 0.3) is 5.91 Å². The van der Waals surface area contributed by atoms with Crippen molar-refractivity contribution in [2.45, 2.75) is 6.92 Å². The molecule has 1 N–H and O–H groups in total. The summed E-state index contributed by atoms with van der Waals surface area (Å²) in [5, 5.41) is 5.28. The molecule has 0 radical (unpaired) electrons. The van der Waals surface area contributed by atoms with Gasteiger partial charge in [-0.2, -0.15) is 0 Å². The van der Waals surface area contributed by atoms with Crippen LogP contribution in [-0.2, 0) is 0 Å². The summed E-state index contributed by atoms with van der Waals surface area (Å²) in [6, 6.07) is 3.56. The van der Waals surface area contributed by atoms with Crippen LogP contribution in [-0.4, -0.2) is 20.3 Å². The second kappa shape index (κ2) is 4.23. The molecule has 3 rings (SSSR count). The summed E-state index contributed by atoms with van der Waals surface area (Å²) in [7, 11) is 0. The summed E-state index contributed by atoms with van der Waals surface area (Å²) in [4.78, 5) is 20.3. The van der Waals surface area contributed by atoms with Crippen molar-refractivity contribution < 1.29 is 4.79 Å². The van der Waals surface area contributed by atoms with E-state index in [9.17, 15) is 4.79 Å². The number of nitrogens with zero attached hydrogens (tertiary/aromatic N) is 3. The molecule has 1 amide bonds. The zero-order chi connectivity index (χ0) is 12.5. The van der Waals surface area contributed by atoms with Gasteiger partial charge in [-0.1, -0.05) is 0 Å². The smallest absolute Gasteiger partial charge is 0.258 e. The van der Waals surface area contributed by atoms with Crippen LogP contribution in [0, 0.1) is 6.92 Å². The number of thiazole rings is 1. The molecule has 6 heteroatoms. The fourth-order valence-electron chi connectivity index (χ4n) is 1.64. The molecule has 0 spiro atoms. The summed E-state index contributed by atoms with van der Waals surface area (Å²) in [6.07, 6.45) is 5.25. The number of imidazole rings is 1. The van der Waals surface area contributed by atoms with Crippen LogP contribution in [0.5, 0.6) is 0 Å². The SMILES string of the molecule is Cc1csc(NC(=O)c2ccc3nccn3c2)n1. The molecular weight excluding hydrogens is 248 g/mol. The first kappa shape index (κ1) is 10.9. The average Bonchev–Trinajstić information content (AvgIpc) is 2.96. The largest absolute Gasteiger partial charge is 0.306 e. The number of hydrogen-bond donors (Lipinski definition) is 1. The van der Waals surface area contributed by atoms with Gasteiger partial charge in [0, 0.05) is 24.0 Å². The Hall–Kier alpha value is -2.21. The van der Waals surface area contributed by atoms with Crippen LogP contribution in [0.25, 0.3) is 5.65 Å². The number of hydrogen-bond acceptors (Lipinski definition) is 4. The lowest BCUT2D eigenvalue weighted by Crippen LogP contribution is -2.12. The van der Waals surface area contributed by atoms with E-state index in [0.717, 1.165) is 11.3 Å². The molecule has 3 aromatic rings. The van der Waals surface area contributed by atoms with E-state index in [0.29, 0.717) is 10.7 Å². The summed E-state index contributed by atoms with van der Waals surface area (Å²) in [5.41, 5.74) is 2.30. The Kier molecular flexibility index (Phi) is 2.56. The van der Waals surface area contributed by atoms with Crippen LogP contribution < -0.4 is 5.32 Å². The monoisotopic (exact) mass is 258 g/mol. The summed E-state index contributed by atoms with van der Waals surface area (Å²) < 4.78 is 1.81. The minimum Gasteiger partial charge on any atom is -0.306 e. The van der Waals surface area contributed by atoms with Gasteiger partial charge in [0.05, 0.1) is 11.3 Å². The van der Waals surface area contributed by atoms with Crippen molar-refractivity contribution in [1.82, 2.24) is 14.4 Å². The van der Waals surface area contributed by atoms with Crippen LogP contribution in [0.1, 0.15) is 16.1 Å². The Morgan fingerprint density at radius 1 is 1.44 bits per heavy atom. The van der Waals surface area contributed by atoms with Crippen LogP contribution in [0.3, 0.4) is 0 Å². The van der Waals surface area contributed by atoms with E-state index < -0.39 is 0 Å². The van der Waals surface area contributed by atoms with Crippen LogP contribution in [0.2, 0.25) is 0 Å². The first-order chi connectivity index (χ1) is 8.72. The number of rotatable bonds is 2. The Morgan fingerprint density at radius 3 is 3.11 bits per heavy atom. The van der Waals surface area contributed by atoms with Crippen LogP contribution in [0.4, 0.5) is 5.13 Å². The Balaban J connectivity index is 1.87. The maximum Gasteiger partial charge on any atom is 0.258 e. The fourth-order valence-corrected chi connectivity index (χ4v) is 2.32. The third-order valence-corrected chi connectivity index (χ3v) is 3.37. The number of aryl methyl sites for hydroxylation is 1. The molecule has 0 saturated carbocycles. The van der Waals surface area contributed by atoms with Gasteiger partial charge in [-0.25, -0.2) is 9.97 Å². The third kappa shape index (κ3) is 1.98. The minimum absolute atomic E-state index is 0.167. The molecular formula is C12H10N4OS. The van der Waals surface area contributed by atoms with E-state index in [1.54, 1.807) is 24.7 Å². The number of pyridine rings is 1. The minimum atomic E-state index is -0.167. The van der Waals surface area contributed by atoms with Crippen molar-refractivity contribution in [2.75, 3.05) is 5.32 Å². The van der Waals surface area contributed by atoms with Gasteiger partial charge in [0.2, 0.25) is 0 Å². The fraction of sp³-hybridized carbons (Fsp3) is 0.0833. The highest BCUT2D eigenvalue weighted by Crippen LogP contribution is 2.15. The molecule has 0 aromatic carbocycles. The Morgan fingerprint density at radius 2 is 2.33 bits per heavy atom. The van der Waals surface area contributed by atoms with Crippen molar-refractivity contribution in [1.29, 1.82) is 0 Å². The van der Waals surface area contributed by atoms with E-state index in [2.05, 4.69) is 15.3 Å². The molecule has 0 aliphatic heterocycles. The summed E-state index contributed by atoms with van der Waals surface area (Å²) in [5.74, 6) is -0.167. The average molecular weight is 258 g/mol. The third-order valence-electron chi connectivity index (χ3n) is 2.49. The number of fused-ring (bicyclic) bond motifs is 1. The lowest BCUT2D eigenvalue weighted by molar-refractivity contribution is 0.102. The van der Waals surface area contributed by atoms with Crippen molar-refractivity contribution in [3.63, 3.8) is 0 Å².